The van der Waals surface area contributed by atoms with E-state index in [1.807, 2.05) is 6.08 Å². The maximum atomic E-state index is 8.06. The maximum Gasteiger partial charge on any atom is 0.0483 e. The first-order valence-corrected chi connectivity index (χ1v) is 10.4. The molecule has 0 radical (unpaired) electrons. The second-order valence-electron chi connectivity index (χ2n) is 8.82. The Kier molecular flexibility index (Phi) is 24.6. The Morgan fingerprint density at radius 1 is 0.833 bits per heavy atom. The van der Waals surface area contributed by atoms with Gasteiger partial charge in [0, 0.05) is 6.10 Å². The van der Waals surface area contributed by atoms with Crippen molar-refractivity contribution in [3.8, 4) is 0 Å². The van der Waals surface area contributed by atoms with Crippen LogP contribution in [0.1, 0.15) is 120 Å². The number of hydrogen-bond donors (Lipinski definition) is 1. The molecule has 1 unspecified atom stereocenters. The van der Waals surface area contributed by atoms with Gasteiger partial charge in [-0.05, 0) is 38.0 Å². The number of rotatable bonds is 11. The van der Waals surface area contributed by atoms with Crippen LogP contribution in [0.2, 0.25) is 0 Å². The Bertz CT molecular complexity index is 216. The fraction of sp³-hybridized carbons (Fsp3) is 0.913. The summed E-state index contributed by atoms with van der Waals surface area (Å²) in [4.78, 5) is 0. The average Bonchev–Trinajstić information content (AvgIpc) is 2.41. The number of aliphatic hydroxyl groups excluding tert-OH is 1. The van der Waals surface area contributed by atoms with Gasteiger partial charge in [0.1, 0.15) is 0 Å². The molecule has 1 N–H and O–H groups in total. The van der Waals surface area contributed by atoms with Crippen LogP contribution in [0, 0.1) is 11.3 Å². The van der Waals surface area contributed by atoms with Crippen molar-refractivity contribution in [3.05, 3.63) is 12.7 Å². The van der Waals surface area contributed by atoms with Crippen LogP contribution in [0.15, 0.2) is 12.7 Å². The molecule has 0 bridgehead atoms. The SMILES string of the molecule is C=CCCCCC(CCC)CCCCC.CC(C)(C)C.CC(C)O. The van der Waals surface area contributed by atoms with Crippen LogP contribution in [0.25, 0.3) is 0 Å². The third-order valence-corrected chi connectivity index (χ3v) is 3.18. The number of unbranched alkanes of at least 4 members (excludes halogenated alkanes) is 4. The van der Waals surface area contributed by atoms with Crippen LogP contribution < -0.4 is 0 Å². The summed E-state index contributed by atoms with van der Waals surface area (Å²) in [5.74, 6) is 1.01. The van der Waals surface area contributed by atoms with Crippen molar-refractivity contribution in [2.45, 2.75) is 126 Å². The summed E-state index contributed by atoms with van der Waals surface area (Å²) >= 11 is 0. The monoisotopic (exact) mass is 342 g/mol. The van der Waals surface area contributed by atoms with Crippen molar-refractivity contribution in [1.29, 1.82) is 0 Å². The van der Waals surface area contributed by atoms with Gasteiger partial charge in [-0.15, -0.1) is 6.58 Å². The molecule has 1 heteroatoms. The molecule has 0 aliphatic rings. The van der Waals surface area contributed by atoms with E-state index in [0.717, 1.165) is 5.92 Å². The first-order chi connectivity index (χ1) is 11.1. The van der Waals surface area contributed by atoms with Gasteiger partial charge in [-0.25, -0.2) is 0 Å². The lowest BCUT2D eigenvalue weighted by Gasteiger charge is -2.15. The van der Waals surface area contributed by atoms with Crippen molar-refractivity contribution in [1.82, 2.24) is 0 Å². The fourth-order valence-corrected chi connectivity index (χ4v) is 2.25. The summed E-state index contributed by atoms with van der Waals surface area (Å²) in [5.41, 5.74) is 0.500. The van der Waals surface area contributed by atoms with E-state index in [2.05, 4.69) is 48.1 Å². The molecule has 0 spiro atoms. The zero-order valence-electron chi connectivity index (χ0n) is 18.5. The summed E-state index contributed by atoms with van der Waals surface area (Å²) in [6.45, 7) is 20.6. The summed E-state index contributed by atoms with van der Waals surface area (Å²) < 4.78 is 0. The molecule has 1 nitrogen and oxygen atoms in total. The van der Waals surface area contributed by atoms with Crippen molar-refractivity contribution >= 4 is 0 Å². The first kappa shape index (κ1) is 28.5. The Morgan fingerprint density at radius 2 is 1.25 bits per heavy atom. The highest BCUT2D eigenvalue weighted by molar-refractivity contribution is 4.67. The third-order valence-electron chi connectivity index (χ3n) is 3.18. The van der Waals surface area contributed by atoms with Crippen LogP contribution in [0.3, 0.4) is 0 Å². The highest BCUT2D eigenvalue weighted by Crippen LogP contribution is 2.22. The second kappa shape index (κ2) is 20.7. The summed E-state index contributed by atoms with van der Waals surface area (Å²) in [7, 11) is 0. The Labute approximate surface area is 155 Å². The van der Waals surface area contributed by atoms with Gasteiger partial charge in [-0.2, -0.15) is 0 Å². The molecule has 0 aromatic carbocycles. The van der Waals surface area contributed by atoms with Crippen molar-refractivity contribution in [2.75, 3.05) is 0 Å². The molecule has 0 heterocycles. The lowest BCUT2D eigenvalue weighted by atomic mass is 9.91. The molecule has 0 fully saturated rings. The zero-order chi connectivity index (χ0) is 19.4. The van der Waals surface area contributed by atoms with E-state index < -0.39 is 0 Å². The van der Waals surface area contributed by atoms with E-state index in [9.17, 15) is 0 Å². The van der Waals surface area contributed by atoms with E-state index in [1.54, 1.807) is 13.8 Å². The quantitative estimate of drug-likeness (QED) is 0.296. The van der Waals surface area contributed by atoms with Crippen LogP contribution >= 0.6 is 0 Å². The van der Waals surface area contributed by atoms with Crippen LogP contribution in [0.4, 0.5) is 0 Å². The topological polar surface area (TPSA) is 20.2 Å². The minimum atomic E-state index is -0.167. The van der Waals surface area contributed by atoms with E-state index in [4.69, 9.17) is 5.11 Å². The van der Waals surface area contributed by atoms with E-state index in [-0.39, 0.29) is 6.10 Å². The summed E-state index contributed by atoms with van der Waals surface area (Å²) in [5, 5.41) is 8.06. The smallest absolute Gasteiger partial charge is 0.0483 e. The van der Waals surface area contributed by atoms with Gasteiger partial charge in [0.05, 0.1) is 0 Å². The van der Waals surface area contributed by atoms with Gasteiger partial charge in [-0.1, -0.05) is 99.0 Å². The van der Waals surface area contributed by atoms with E-state index in [1.165, 1.54) is 64.2 Å². The molecule has 0 saturated heterocycles. The lowest BCUT2D eigenvalue weighted by Crippen LogP contribution is -2.00. The van der Waals surface area contributed by atoms with Crippen LogP contribution in [0.5, 0.6) is 0 Å². The highest BCUT2D eigenvalue weighted by Gasteiger charge is 2.06. The van der Waals surface area contributed by atoms with Gasteiger partial charge in [-0.3, -0.25) is 0 Å². The standard InChI is InChI=1S/C15H30.C5H12.C3H8O/c1-4-7-9-11-14-15(12-6-3)13-10-8-5-2;1-5(2,3)4;1-3(2)4/h4,15H,1,5-14H2,2-3H3;1-4H3;3-4H,1-2H3. The Morgan fingerprint density at radius 3 is 1.58 bits per heavy atom. The Hall–Kier alpha value is -0.300. The maximum absolute atomic E-state index is 8.06. The van der Waals surface area contributed by atoms with Gasteiger partial charge >= 0.3 is 0 Å². The van der Waals surface area contributed by atoms with Gasteiger partial charge in [0.15, 0.2) is 0 Å². The fourth-order valence-electron chi connectivity index (χ4n) is 2.25. The third kappa shape index (κ3) is 49.5. The minimum Gasteiger partial charge on any atom is -0.394 e. The highest BCUT2D eigenvalue weighted by atomic mass is 16.3. The summed E-state index contributed by atoms with van der Waals surface area (Å²) in [6.07, 6.45) is 15.8. The first-order valence-electron chi connectivity index (χ1n) is 10.4. The molecular weight excluding hydrogens is 292 g/mol. The molecule has 0 amide bonds. The summed E-state index contributed by atoms with van der Waals surface area (Å²) in [6, 6.07) is 0. The molecule has 0 aliphatic carbocycles. The number of allylic oxidation sites excluding steroid dienone is 1. The molecule has 1 atom stereocenters. The molecule has 0 aliphatic heterocycles. The molecule has 0 saturated carbocycles. The average molecular weight is 343 g/mol. The lowest BCUT2D eigenvalue weighted by molar-refractivity contribution is 0.216. The Balaban J connectivity index is -0.000000402. The molecule has 24 heavy (non-hydrogen) atoms. The number of hydrogen-bond acceptors (Lipinski definition) is 1. The van der Waals surface area contributed by atoms with Crippen molar-refractivity contribution in [3.63, 3.8) is 0 Å². The minimum absolute atomic E-state index is 0.167. The predicted molar refractivity (Wildman–Crippen MR) is 114 cm³/mol. The van der Waals surface area contributed by atoms with Crippen molar-refractivity contribution in [2.24, 2.45) is 11.3 Å². The van der Waals surface area contributed by atoms with Crippen molar-refractivity contribution < 1.29 is 5.11 Å². The van der Waals surface area contributed by atoms with Crippen LogP contribution in [-0.2, 0) is 0 Å². The molecule has 0 aromatic rings. The molecule has 148 valence electrons. The van der Waals surface area contributed by atoms with Crippen LogP contribution in [-0.4, -0.2) is 11.2 Å². The molecule has 0 rings (SSSR count). The molecular formula is C23H50O. The van der Waals surface area contributed by atoms with Gasteiger partial charge < -0.3 is 5.11 Å². The number of aliphatic hydroxyl groups is 1. The largest absolute Gasteiger partial charge is 0.394 e. The van der Waals surface area contributed by atoms with E-state index in [0.29, 0.717) is 5.41 Å². The second-order valence-corrected chi connectivity index (χ2v) is 8.82. The zero-order valence-corrected chi connectivity index (χ0v) is 18.5. The van der Waals surface area contributed by atoms with E-state index >= 15 is 0 Å². The van der Waals surface area contributed by atoms with Gasteiger partial charge in [0.25, 0.3) is 0 Å². The normalized spacial score (nSPS) is 11.9. The van der Waals surface area contributed by atoms with Gasteiger partial charge in [0.2, 0.25) is 0 Å². The molecule has 0 aromatic heterocycles. The predicted octanol–water partition coefficient (Wildman–Crippen LogP) is 8.17.